The van der Waals surface area contributed by atoms with E-state index in [2.05, 4.69) is 0 Å². The highest BCUT2D eigenvalue weighted by Gasteiger charge is 2.59. The van der Waals surface area contributed by atoms with E-state index >= 15 is 0 Å². The normalized spacial score (nSPS) is 44.1. The molecule has 28 heavy (non-hydrogen) atoms. The number of rotatable bonds is 7. The van der Waals surface area contributed by atoms with Crippen LogP contribution in [0.4, 0.5) is 0 Å². The van der Waals surface area contributed by atoms with Gasteiger partial charge in [-0.3, -0.25) is 0 Å². The van der Waals surface area contributed by atoms with Crippen LogP contribution in [-0.2, 0) is 23.7 Å². The summed E-state index contributed by atoms with van der Waals surface area (Å²) >= 11 is 0. The van der Waals surface area contributed by atoms with Gasteiger partial charge in [0.15, 0.2) is 6.29 Å². The van der Waals surface area contributed by atoms with Crippen LogP contribution in [0, 0.1) is 0 Å². The van der Waals surface area contributed by atoms with Crippen molar-refractivity contribution in [1.82, 2.24) is 0 Å². The summed E-state index contributed by atoms with van der Waals surface area (Å²) < 4.78 is 20.9. The molecule has 0 unspecified atom stereocenters. The van der Waals surface area contributed by atoms with Crippen LogP contribution in [0.5, 0.6) is 0 Å². The zero-order valence-electron chi connectivity index (χ0n) is 15.1. The summed E-state index contributed by atoms with van der Waals surface area (Å²) in [5, 5.41) is 68.8. The van der Waals surface area contributed by atoms with Gasteiger partial charge >= 0.3 is 5.97 Å². The Morgan fingerprint density at radius 2 is 1.64 bits per heavy atom. The van der Waals surface area contributed by atoms with E-state index in [9.17, 15) is 40.5 Å². The van der Waals surface area contributed by atoms with Gasteiger partial charge < -0.3 is 54.7 Å². The maximum atomic E-state index is 11.6. The molecule has 2 aliphatic heterocycles. The van der Waals surface area contributed by atoms with Gasteiger partial charge in [0.1, 0.15) is 49.3 Å². The molecule has 0 spiro atoms. The molecule has 0 saturated carbocycles. The molecule has 2 heterocycles. The number of allylic oxidation sites excluding steroid dienone is 1. The topological polar surface area (TPSA) is 196 Å². The van der Waals surface area contributed by atoms with Crippen molar-refractivity contribution >= 4 is 5.97 Å². The number of hydrogen-bond donors (Lipinski definition) is 7. The van der Waals surface area contributed by atoms with Gasteiger partial charge in [-0.2, -0.15) is 0 Å². The molecule has 0 radical (unpaired) electrons. The zero-order chi connectivity index (χ0) is 21.1. The van der Waals surface area contributed by atoms with E-state index in [1.54, 1.807) is 6.92 Å². The monoisotopic (exact) mass is 410 g/mol. The van der Waals surface area contributed by atoms with Gasteiger partial charge in [0.05, 0.1) is 13.2 Å². The van der Waals surface area contributed by atoms with Crippen LogP contribution in [0.25, 0.3) is 0 Å². The highest BCUT2D eigenvalue weighted by molar-refractivity contribution is 5.81. The number of aliphatic hydroxyl groups excluding tert-OH is 7. The Balaban J connectivity index is 2.25. The zero-order valence-corrected chi connectivity index (χ0v) is 15.1. The molecule has 0 amide bonds. The van der Waals surface area contributed by atoms with Crippen molar-refractivity contribution in [2.45, 2.75) is 61.7 Å². The predicted octanol–water partition coefficient (Wildman–Crippen LogP) is -4.27. The molecule has 9 atom stereocenters. The lowest BCUT2D eigenvalue weighted by molar-refractivity contribution is -0.383. The molecule has 2 fully saturated rings. The summed E-state index contributed by atoms with van der Waals surface area (Å²) in [6.07, 6.45) is -10.6. The molecule has 2 aliphatic rings. The van der Waals surface area contributed by atoms with Crippen LogP contribution >= 0.6 is 0 Å². The molecule has 7 N–H and O–H groups in total. The Hall–Kier alpha value is -1.19. The summed E-state index contributed by atoms with van der Waals surface area (Å²) in [7, 11) is 0. The molecule has 0 bridgehead atoms. The average molecular weight is 410 g/mol. The van der Waals surface area contributed by atoms with Crippen LogP contribution < -0.4 is 0 Å². The summed E-state index contributed by atoms with van der Waals surface area (Å²) in [5.41, 5.74) is 0. The number of carbonyl (C=O) groups is 1. The molecule has 162 valence electrons. The lowest BCUT2D eigenvalue weighted by atomic mass is 9.99. The average Bonchev–Trinajstić information content (AvgIpc) is 2.92. The SMILES string of the molecule is C/C=C/C(=O)OC[C@@]1(O[C@H]2O[C@H](CO)[C@@H](O)[C@H](O)[C@H]2O)O[C@H](CO)[C@@H](O)[C@@H]1O. The molecule has 0 aromatic heterocycles. The van der Waals surface area contributed by atoms with Gasteiger partial charge in [-0.1, -0.05) is 6.08 Å². The van der Waals surface area contributed by atoms with Gasteiger partial charge in [-0.05, 0) is 6.92 Å². The van der Waals surface area contributed by atoms with E-state index in [0.717, 1.165) is 6.08 Å². The number of aliphatic hydroxyl groups is 7. The second-order valence-corrected chi connectivity index (χ2v) is 6.51. The predicted molar refractivity (Wildman–Crippen MR) is 87.3 cm³/mol. The minimum Gasteiger partial charge on any atom is -0.457 e. The quantitative estimate of drug-likeness (QED) is 0.158. The van der Waals surface area contributed by atoms with Crippen LogP contribution in [0.2, 0.25) is 0 Å². The maximum absolute atomic E-state index is 11.6. The molecule has 0 aromatic rings. The first-order chi connectivity index (χ1) is 13.2. The van der Waals surface area contributed by atoms with Crippen molar-refractivity contribution in [3.8, 4) is 0 Å². The van der Waals surface area contributed by atoms with Crippen molar-refractivity contribution in [1.29, 1.82) is 0 Å². The Morgan fingerprint density at radius 3 is 2.18 bits per heavy atom. The first kappa shape index (κ1) is 23.1. The molecule has 0 aromatic carbocycles. The largest absolute Gasteiger partial charge is 0.457 e. The standard InChI is InChI=1S/C16H26O12/c1-2-3-9(19)25-6-16(14(24)11(21)8(5-18)27-16)28-15-13(23)12(22)10(20)7(4-17)26-15/h2-3,7-8,10-15,17-18,20-24H,4-6H2,1H3/b3-2+/t7-,8-,10-,11-,12+,13-,14+,15-,16+/m1/s1. The Labute approximate surface area is 160 Å². The third kappa shape index (κ3) is 4.52. The number of carbonyl (C=O) groups excluding carboxylic acids is 1. The van der Waals surface area contributed by atoms with Gasteiger partial charge in [0.2, 0.25) is 5.79 Å². The molecule has 0 aliphatic carbocycles. The highest BCUT2D eigenvalue weighted by atomic mass is 16.8. The van der Waals surface area contributed by atoms with E-state index in [-0.39, 0.29) is 0 Å². The molecule has 2 rings (SSSR count). The fourth-order valence-electron chi connectivity index (χ4n) is 2.97. The molecule has 12 heteroatoms. The number of ether oxygens (including phenoxy) is 4. The minimum absolute atomic E-state index is 0.708. The van der Waals surface area contributed by atoms with Gasteiger partial charge in [-0.25, -0.2) is 4.79 Å². The summed E-state index contributed by atoms with van der Waals surface area (Å²) in [6, 6.07) is 0. The molecule has 2 saturated heterocycles. The molecular formula is C16H26O12. The highest BCUT2D eigenvalue weighted by Crippen LogP contribution is 2.36. The summed E-state index contributed by atoms with van der Waals surface area (Å²) in [6.45, 7) is -0.631. The first-order valence-electron chi connectivity index (χ1n) is 8.63. The Morgan fingerprint density at radius 1 is 1.00 bits per heavy atom. The van der Waals surface area contributed by atoms with Crippen LogP contribution in [0.15, 0.2) is 12.2 Å². The van der Waals surface area contributed by atoms with E-state index in [1.165, 1.54) is 6.08 Å². The molecular weight excluding hydrogens is 384 g/mol. The van der Waals surface area contributed by atoms with Crippen LogP contribution in [0.3, 0.4) is 0 Å². The first-order valence-corrected chi connectivity index (χ1v) is 8.63. The van der Waals surface area contributed by atoms with E-state index < -0.39 is 80.6 Å². The van der Waals surface area contributed by atoms with Gasteiger partial charge in [0.25, 0.3) is 0 Å². The van der Waals surface area contributed by atoms with E-state index in [1.807, 2.05) is 0 Å². The second kappa shape index (κ2) is 9.54. The van der Waals surface area contributed by atoms with Crippen molar-refractivity contribution in [2.75, 3.05) is 19.8 Å². The number of esters is 1. The lowest BCUT2D eigenvalue weighted by Crippen LogP contribution is -2.62. The van der Waals surface area contributed by atoms with E-state index in [4.69, 9.17) is 18.9 Å². The third-order valence-corrected chi connectivity index (χ3v) is 4.57. The van der Waals surface area contributed by atoms with Crippen molar-refractivity contribution in [2.24, 2.45) is 0 Å². The third-order valence-electron chi connectivity index (χ3n) is 4.57. The Bertz CT molecular complexity index is 554. The smallest absolute Gasteiger partial charge is 0.330 e. The second-order valence-electron chi connectivity index (χ2n) is 6.51. The van der Waals surface area contributed by atoms with Crippen molar-refractivity contribution in [3.05, 3.63) is 12.2 Å². The fraction of sp³-hybridized carbons (Fsp3) is 0.812. The fourth-order valence-corrected chi connectivity index (χ4v) is 2.97. The van der Waals surface area contributed by atoms with Gasteiger partial charge in [0, 0.05) is 6.08 Å². The maximum Gasteiger partial charge on any atom is 0.330 e. The minimum atomic E-state index is -2.27. The lowest BCUT2D eigenvalue weighted by Gasteiger charge is -2.43. The van der Waals surface area contributed by atoms with Crippen molar-refractivity contribution < 1.29 is 59.5 Å². The van der Waals surface area contributed by atoms with E-state index in [0.29, 0.717) is 0 Å². The van der Waals surface area contributed by atoms with Crippen LogP contribution in [0.1, 0.15) is 6.92 Å². The number of hydrogen-bond acceptors (Lipinski definition) is 12. The summed E-state index contributed by atoms with van der Waals surface area (Å²) in [4.78, 5) is 11.6. The van der Waals surface area contributed by atoms with Crippen molar-refractivity contribution in [3.63, 3.8) is 0 Å². The van der Waals surface area contributed by atoms with Gasteiger partial charge in [-0.15, -0.1) is 0 Å². The molecule has 12 nitrogen and oxygen atoms in total. The summed E-state index contributed by atoms with van der Waals surface area (Å²) in [5.74, 6) is -3.09. The Kier molecular flexibility index (Phi) is 7.87. The van der Waals surface area contributed by atoms with Crippen LogP contribution in [-0.4, -0.2) is 116 Å².